The summed E-state index contributed by atoms with van der Waals surface area (Å²) in [7, 11) is 0. The van der Waals surface area contributed by atoms with Crippen LogP contribution in [0.25, 0.3) is 0 Å². The monoisotopic (exact) mass is 193 g/mol. The molecule has 2 atom stereocenters. The van der Waals surface area contributed by atoms with E-state index in [0.717, 1.165) is 0 Å². The summed E-state index contributed by atoms with van der Waals surface area (Å²) in [5, 5.41) is 26.6. The molecule has 80 valence electrons. The van der Waals surface area contributed by atoms with Crippen LogP contribution in [0.15, 0.2) is 0 Å². The van der Waals surface area contributed by atoms with Crippen LogP contribution in [0.2, 0.25) is 0 Å². The van der Waals surface area contributed by atoms with Crippen LogP contribution < -0.4 is 0 Å². The molecule has 0 saturated heterocycles. The van der Waals surface area contributed by atoms with Gasteiger partial charge in [0.05, 0.1) is 12.2 Å². The number of ether oxygens (including phenoxy) is 1. The van der Waals surface area contributed by atoms with Crippen LogP contribution in [0.5, 0.6) is 0 Å². The molecule has 0 rings (SSSR count). The Labute approximate surface area is 78.5 Å². The third-order valence-electron chi connectivity index (χ3n) is 1.41. The summed E-state index contributed by atoms with van der Waals surface area (Å²) in [5.41, 5.74) is 0. The van der Waals surface area contributed by atoms with Crippen LogP contribution >= 0.6 is 0 Å². The Morgan fingerprint density at radius 1 is 1.15 bits per heavy atom. The summed E-state index contributed by atoms with van der Waals surface area (Å²) in [6.07, 6.45) is -0.943. The Morgan fingerprint density at radius 2 is 1.62 bits per heavy atom. The molecule has 0 aromatic rings. The van der Waals surface area contributed by atoms with Crippen molar-refractivity contribution in [2.75, 3.05) is 26.6 Å². The Hall–Kier alpha value is -0.200. The minimum absolute atomic E-state index is 0.215. The first kappa shape index (κ1) is 12.8. The van der Waals surface area contributed by atoms with E-state index in [1.165, 1.54) is 0 Å². The van der Waals surface area contributed by atoms with Gasteiger partial charge < -0.3 is 20.1 Å². The smallest absolute Gasteiger partial charge is 0.145 e. The maximum atomic E-state index is 9.09. The molecule has 0 aliphatic rings. The zero-order valence-corrected chi connectivity index (χ0v) is 8.18. The van der Waals surface area contributed by atoms with Gasteiger partial charge in [-0.15, -0.1) is 0 Å². The van der Waals surface area contributed by atoms with Crippen LogP contribution in [0.3, 0.4) is 0 Å². The number of hydrogen-bond donors (Lipinski definition) is 3. The average molecular weight is 193 g/mol. The molecule has 5 nitrogen and oxygen atoms in total. The zero-order valence-electron chi connectivity index (χ0n) is 8.18. The average Bonchev–Trinajstić information content (AvgIpc) is 1.98. The molecule has 0 amide bonds. The van der Waals surface area contributed by atoms with Crippen molar-refractivity contribution in [1.82, 2.24) is 4.90 Å². The summed E-state index contributed by atoms with van der Waals surface area (Å²) in [6.45, 7) is 4.03. The standard InChI is InChI=1S/C8H19NO4/c1-7(11)3-9(4-8(2)12)5-13-6-10/h7-8,10-12H,3-6H2,1-2H3. The highest BCUT2D eigenvalue weighted by molar-refractivity contribution is 4.60. The van der Waals surface area contributed by atoms with Crippen LogP contribution in [0.1, 0.15) is 13.8 Å². The Balaban J connectivity index is 3.73. The number of aliphatic hydroxyl groups is 3. The number of aliphatic hydroxyl groups excluding tert-OH is 3. The van der Waals surface area contributed by atoms with E-state index in [2.05, 4.69) is 0 Å². The van der Waals surface area contributed by atoms with E-state index in [9.17, 15) is 0 Å². The SMILES string of the molecule is CC(O)CN(COCO)CC(C)O. The highest BCUT2D eigenvalue weighted by atomic mass is 16.6. The molecule has 0 heterocycles. The van der Waals surface area contributed by atoms with Gasteiger partial charge in [-0.05, 0) is 13.8 Å². The van der Waals surface area contributed by atoms with Crippen molar-refractivity contribution in [2.45, 2.75) is 26.1 Å². The van der Waals surface area contributed by atoms with Gasteiger partial charge in [0.25, 0.3) is 0 Å². The second-order valence-electron chi connectivity index (χ2n) is 3.20. The largest absolute Gasteiger partial charge is 0.392 e. The van der Waals surface area contributed by atoms with Gasteiger partial charge in [0.1, 0.15) is 13.5 Å². The Bertz CT molecular complexity index is 109. The van der Waals surface area contributed by atoms with Crippen LogP contribution in [0.4, 0.5) is 0 Å². The molecule has 0 fully saturated rings. The first-order chi connectivity index (χ1) is 6.06. The molecule has 5 heteroatoms. The predicted octanol–water partition coefficient (Wildman–Crippen LogP) is -1.03. The van der Waals surface area contributed by atoms with Gasteiger partial charge in [0.2, 0.25) is 0 Å². The quantitative estimate of drug-likeness (QED) is 0.451. The summed E-state index contributed by atoms with van der Waals surface area (Å²) < 4.78 is 4.76. The summed E-state index contributed by atoms with van der Waals surface area (Å²) in [4.78, 5) is 1.73. The molecule has 0 saturated carbocycles. The summed E-state index contributed by atoms with van der Waals surface area (Å²) in [5.74, 6) is 0. The fourth-order valence-electron chi connectivity index (χ4n) is 1.10. The Morgan fingerprint density at radius 3 is 1.92 bits per heavy atom. The van der Waals surface area contributed by atoms with E-state index in [0.29, 0.717) is 13.1 Å². The minimum atomic E-state index is -0.471. The van der Waals surface area contributed by atoms with Crippen molar-refractivity contribution >= 4 is 0 Å². The molecular formula is C8H19NO4. The van der Waals surface area contributed by atoms with Crippen molar-refractivity contribution in [1.29, 1.82) is 0 Å². The second-order valence-corrected chi connectivity index (χ2v) is 3.20. The maximum Gasteiger partial charge on any atom is 0.145 e. The van der Waals surface area contributed by atoms with Gasteiger partial charge in [-0.25, -0.2) is 0 Å². The topological polar surface area (TPSA) is 73.2 Å². The third-order valence-corrected chi connectivity index (χ3v) is 1.41. The van der Waals surface area contributed by atoms with Crippen molar-refractivity contribution in [3.63, 3.8) is 0 Å². The molecule has 0 radical (unpaired) electrons. The zero-order chi connectivity index (χ0) is 10.3. The van der Waals surface area contributed by atoms with Crippen molar-refractivity contribution in [3.8, 4) is 0 Å². The molecule has 0 aliphatic heterocycles. The highest BCUT2D eigenvalue weighted by Crippen LogP contribution is 1.95. The fourth-order valence-corrected chi connectivity index (χ4v) is 1.10. The van der Waals surface area contributed by atoms with Crippen molar-refractivity contribution in [3.05, 3.63) is 0 Å². The van der Waals surface area contributed by atoms with E-state index in [1.807, 2.05) is 0 Å². The molecule has 0 bridgehead atoms. The number of hydrogen-bond acceptors (Lipinski definition) is 5. The van der Waals surface area contributed by atoms with Gasteiger partial charge in [0.15, 0.2) is 0 Å². The summed E-state index contributed by atoms with van der Waals surface area (Å²) >= 11 is 0. The Kier molecular flexibility index (Phi) is 7.12. The van der Waals surface area contributed by atoms with Crippen molar-refractivity contribution in [2.24, 2.45) is 0 Å². The number of rotatable bonds is 7. The lowest BCUT2D eigenvalue weighted by Crippen LogP contribution is -2.37. The number of nitrogens with zero attached hydrogens (tertiary/aromatic N) is 1. The first-order valence-electron chi connectivity index (χ1n) is 4.33. The van der Waals surface area contributed by atoms with Crippen LogP contribution in [-0.2, 0) is 4.74 Å². The van der Waals surface area contributed by atoms with E-state index in [1.54, 1.807) is 18.7 Å². The van der Waals surface area contributed by atoms with Gasteiger partial charge >= 0.3 is 0 Å². The molecule has 0 aromatic carbocycles. The van der Waals surface area contributed by atoms with Gasteiger partial charge in [-0.2, -0.15) is 0 Å². The molecule has 13 heavy (non-hydrogen) atoms. The lowest BCUT2D eigenvalue weighted by molar-refractivity contribution is -0.0701. The lowest BCUT2D eigenvalue weighted by Gasteiger charge is -2.24. The van der Waals surface area contributed by atoms with Crippen LogP contribution in [-0.4, -0.2) is 59.0 Å². The van der Waals surface area contributed by atoms with E-state index >= 15 is 0 Å². The van der Waals surface area contributed by atoms with Gasteiger partial charge in [-0.3, -0.25) is 4.90 Å². The van der Waals surface area contributed by atoms with Gasteiger partial charge in [-0.1, -0.05) is 0 Å². The van der Waals surface area contributed by atoms with E-state index in [4.69, 9.17) is 20.1 Å². The van der Waals surface area contributed by atoms with Crippen LogP contribution in [0, 0.1) is 0 Å². The second kappa shape index (κ2) is 7.23. The first-order valence-corrected chi connectivity index (χ1v) is 4.33. The molecule has 2 unspecified atom stereocenters. The molecule has 0 spiro atoms. The van der Waals surface area contributed by atoms with Gasteiger partial charge in [0, 0.05) is 13.1 Å². The normalized spacial score (nSPS) is 16.2. The van der Waals surface area contributed by atoms with E-state index < -0.39 is 12.2 Å². The fraction of sp³-hybridized carbons (Fsp3) is 1.00. The highest BCUT2D eigenvalue weighted by Gasteiger charge is 2.10. The van der Waals surface area contributed by atoms with E-state index in [-0.39, 0.29) is 13.5 Å². The molecule has 0 aromatic heterocycles. The molecule has 3 N–H and O–H groups in total. The third kappa shape index (κ3) is 8.14. The van der Waals surface area contributed by atoms with Crippen molar-refractivity contribution < 1.29 is 20.1 Å². The lowest BCUT2D eigenvalue weighted by atomic mass is 10.3. The maximum absolute atomic E-state index is 9.09. The molecular weight excluding hydrogens is 174 g/mol. The summed E-state index contributed by atoms with van der Waals surface area (Å²) in [6, 6.07) is 0. The predicted molar refractivity (Wildman–Crippen MR) is 48.0 cm³/mol. The minimum Gasteiger partial charge on any atom is -0.392 e. The molecule has 0 aliphatic carbocycles.